The fourth-order valence-corrected chi connectivity index (χ4v) is 3.01. The molecule has 3 nitrogen and oxygen atoms in total. The van der Waals surface area contributed by atoms with Gasteiger partial charge in [-0.2, -0.15) is 0 Å². The van der Waals surface area contributed by atoms with Gasteiger partial charge in [0.1, 0.15) is 0 Å². The Hall–Kier alpha value is -0.570. The standard InChI is InChI=1S/C13H24N2O/c1-2-3-4-5-13(16)15-12-8-10-6-7-11(9-12)14-10/h10-12,14H,2-9H2,1H3,(H,15,16). The van der Waals surface area contributed by atoms with Crippen LogP contribution in [0.1, 0.15) is 58.3 Å². The normalized spacial score (nSPS) is 32.7. The van der Waals surface area contributed by atoms with Crippen molar-refractivity contribution in [3.05, 3.63) is 0 Å². The maximum absolute atomic E-state index is 11.7. The minimum absolute atomic E-state index is 0.264. The van der Waals surface area contributed by atoms with E-state index in [1.54, 1.807) is 0 Å². The molecule has 2 rings (SSSR count). The molecule has 2 aliphatic rings. The molecule has 0 aliphatic carbocycles. The average Bonchev–Trinajstić information content (AvgIpc) is 2.58. The molecule has 0 spiro atoms. The molecule has 2 saturated heterocycles. The Morgan fingerprint density at radius 1 is 1.25 bits per heavy atom. The zero-order valence-electron chi connectivity index (χ0n) is 10.3. The average molecular weight is 224 g/mol. The largest absolute Gasteiger partial charge is 0.353 e. The van der Waals surface area contributed by atoms with Crippen LogP contribution in [0.4, 0.5) is 0 Å². The van der Waals surface area contributed by atoms with E-state index < -0.39 is 0 Å². The first kappa shape index (κ1) is 11.9. The minimum Gasteiger partial charge on any atom is -0.353 e. The Morgan fingerprint density at radius 2 is 1.94 bits per heavy atom. The van der Waals surface area contributed by atoms with Gasteiger partial charge in [-0.15, -0.1) is 0 Å². The maximum Gasteiger partial charge on any atom is 0.220 e. The van der Waals surface area contributed by atoms with E-state index in [1.165, 1.54) is 25.7 Å². The molecule has 2 heterocycles. The van der Waals surface area contributed by atoms with Gasteiger partial charge in [0.15, 0.2) is 0 Å². The third kappa shape index (κ3) is 3.21. The van der Waals surface area contributed by atoms with Crippen molar-refractivity contribution in [1.29, 1.82) is 0 Å². The summed E-state index contributed by atoms with van der Waals surface area (Å²) >= 11 is 0. The molecule has 2 N–H and O–H groups in total. The Balaban J connectivity index is 1.67. The van der Waals surface area contributed by atoms with E-state index in [-0.39, 0.29) is 5.91 Å². The monoisotopic (exact) mass is 224 g/mol. The minimum atomic E-state index is 0.264. The van der Waals surface area contributed by atoms with Crippen LogP contribution in [0.2, 0.25) is 0 Å². The molecule has 2 unspecified atom stereocenters. The van der Waals surface area contributed by atoms with E-state index in [2.05, 4.69) is 17.6 Å². The molecule has 0 aromatic rings. The van der Waals surface area contributed by atoms with Crippen molar-refractivity contribution >= 4 is 5.91 Å². The molecule has 16 heavy (non-hydrogen) atoms. The Labute approximate surface area is 98.4 Å². The SMILES string of the molecule is CCCCCC(=O)NC1CC2CCC(C1)N2. The highest BCUT2D eigenvalue weighted by Gasteiger charge is 2.33. The molecule has 2 atom stereocenters. The summed E-state index contributed by atoms with van der Waals surface area (Å²) in [7, 11) is 0. The number of nitrogens with one attached hydrogen (secondary N) is 2. The van der Waals surface area contributed by atoms with Crippen molar-refractivity contribution in [2.45, 2.75) is 76.4 Å². The number of carbonyl (C=O) groups excluding carboxylic acids is 1. The van der Waals surface area contributed by atoms with Gasteiger partial charge in [-0.05, 0) is 32.1 Å². The number of carbonyl (C=O) groups is 1. The first-order valence-electron chi connectivity index (χ1n) is 6.83. The van der Waals surface area contributed by atoms with Crippen LogP contribution in [0.3, 0.4) is 0 Å². The van der Waals surface area contributed by atoms with Gasteiger partial charge in [-0.25, -0.2) is 0 Å². The van der Waals surface area contributed by atoms with Crippen molar-refractivity contribution in [3.8, 4) is 0 Å². The van der Waals surface area contributed by atoms with Crippen LogP contribution in [-0.4, -0.2) is 24.0 Å². The van der Waals surface area contributed by atoms with Gasteiger partial charge in [0.2, 0.25) is 5.91 Å². The molecule has 0 aromatic heterocycles. The molecule has 92 valence electrons. The first-order valence-corrected chi connectivity index (χ1v) is 6.83. The fourth-order valence-electron chi connectivity index (χ4n) is 3.01. The number of rotatable bonds is 5. The zero-order chi connectivity index (χ0) is 11.4. The molecule has 0 radical (unpaired) electrons. The third-order valence-electron chi connectivity index (χ3n) is 3.85. The molecular formula is C13H24N2O. The Morgan fingerprint density at radius 3 is 2.56 bits per heavy atom. The van der Waals surface area contributed by atoms with Crippen LogP contribution in [-0.2, 0) is 4.79 Å². The maximum atomic E-state index is 11.7. The second-order valence-electron chi connectivity index (χ2n) is 5.33. The van der Waals surface area contributed by atoms with Crippen molar-refractivity contribution in [2.75, 3.05) is 0 Å². The van der Waals surface area contributed by atoms with E-state index in [0.717, 1.165) is 19.3 Å². The second-order valence-corrected chi connectivity index (χ2v) is 5.33. The van der Waals surface area contributed by atoms with Crippen LogP contribution in [0.5, 0.6) is 0 Å². The van der Waals surface area contributed by atoms with Gasteiger partial charge in [-0.1, -0.05) is 19.8 Å². The van der Waals surface area contributed by atoms with Crippen molar-refractivity contribution in [2.24, 2.45) is 0 Å². The molecule has 2 bridgehead atoms. The van der Waals surface area contributed by atoms with E-state index >= 15 is 0 Å². The van der Waals surface area contributed by atoms with Gasteiger partial charge in [0.05, 0.1) is 0 Å². The summed E-state index contributed by atoms with van der Waals surface area (Å²) in [6.07, 6.45) is 8.98. The van der Waals surface area contributed by atoms with E-state index in [0.29, 0.717) is 24.5 Å². The summed E-state index contributed by atoms with van der Waals surface area (Å²) in [6, 6.07) is 1.77. The molecule has 1 amide bonds. The lowest BCUT2D eigenvalue weighted by molar-refractivity contribution is -0.122. The van der Waals surface area contributed by atoms with Gasteiger partial charge in [0, 0.05) is 24.5 Å². The summed E-state index contributed by atoms with van der Waals surface area (Å²) in [5.41, 5.74) is 0. The molecule has 2 aliphatic heterocycles. The van der Waals surface area contributed by atoms with Gasteiger partial charge < -0.3 is 10.6 Å². The van der Waals surface area contributed by atoms with E-state index in [4.69, 9.17) is 0 Å². The molecule has 2 fully saturated rings. The van der Waals surface area contributed by atoms with Crippen molar-refractivity contribution in [1.82, 2.24) is 10.6 Å². The van der Waals surface area contributed by atoms with Crippen LogP contribution in [0, 0.1) is 0 Å². The first-order chi connectivity index (χ1) is 7.78. The van der Waals surface area contributed by atoms with Crippen LogP contribution in [0.25, 0.3) is 0 Å². The van der Waals surface area contributed by atoms with E-state index in [1.807, 2.05) is 0 Å². The topological polar surface area (TPSA) is 41.1 Å². The number of hydrogen-bond donors (Lipinski definition) is 2. The predicted octanol–water partition coefficient (Wildman–Crippen LogP) is 1.97. The Kier molecular flexibility index (Phi) is 4.22. The highest BCUT2D eigenvalue weighted by molar-refractivity contribution is 5.76. The molecule has 0 saturated carbocycles. The zero-order valence-corrected chi connectivity index (χ0v) is 10.3. The summed E-state index contributed by atoms with van der Waals surface area (Å²) in [5, 5.41) is 6.79. The van der Waals surface area contributed by atoms with Crippen molar-refractivity contribution < 1.29 is 4.79 Å². The quantitative estimate of drug-likeness (QED) is 0.701. The number of unbranched alkanes of at least 4 members (excludes halogenated alkanes) is 2. The van der Waals surface area contributed by atoms with E-state index in [9.17, 15) is 4.79 Å². The van der Waals surface area contributed by atoms with Gasteiger partial charge >= 0.3 is 0 Å². The number of piperidine rings is 1. The van der Waals surface area contributed by atoms with Gasteiger partial charge in [0.25, 0.3) is 0 Å². The van der Waals surface area contributed by atoms with Crippen LogP contribution >= 0.6 is 0 Å². The lowest BCUT2D eigenvalue weighted by atomic mass is 9.99. The van der Waals surface area contributed by atoms with Crippen molar-refractivity contribution in [3.63, 3.8) is 0 Å². The molecular weight excluding hydrogens is 200 g/mol. The number of amides is 1. The Bertz CT molecular complexity index is 230. The smallest absolute Gasteiger partial charge is 0.220 e. The summed E-state index contributed by atoms with van der Waals surface area (Å²) < 4.78 is 0. The summed E-state index contributed by atoms with van der Waals surface area (Å²) in [5.74, 6) is 0.264. The number of fused-ring (bicyclic) bond motifs is 2. The fraction of sp³-hybridized carbons (Fsp3) is 0.923. The summed E-state index contributed by atoms with van der Waals surface area (Å²) in [4.78, 5) is 11.7. The highest BCUT2D eigenvalue weighted by Crippen LogP contribution is 2.26. The lowest BCUT2D eigenvalue weighted by Gasteiger charge is -2.29. The van der Waals surface area contributed by atoms with Gasteiger partial charge in [-0.3, -0.25) is 4.79 Å². The number of hydrogen-bond acceptors (Lipinski definition) is 2. The van der Waals surface area contributed by atoms with Crippen LogP contribution in [0.15, 0.2) is 0 Å². The second kappa shape index (κ2) is 5.67. The van der Waals surface area contributed by atoms with Crippen LogP contribution < -0.4 is 10.6 Å². The third-order valence-corrected chi connectivity index (χ3v) is 3.85. The lowest BCUT2D eigenvalue weighted by Crippen LogP contribution is -2.47. The predicted molar refractivity (Wildman–Crippen MR) is 65.3 cm³/mol. The molecule has 3 heteroatoms. The highest BCUT2D eigenvalue weighted by atomic mass is 16.1. The summed E-state index contributed by atoms with van der Waals surface area (Å²) in [6.45, 7) is 2.17. The molecule has 0 aromatic carbocycles.